The van der Waals surface area contributed by atoms with E-state index in [1.54, 1.807) is 19.2 Å². The number of methoxy groups -OCH3 is 1. The normalized spacial score (nSPS) is 12.5. The molecule has 0 aliphatic carbocycles. The first kappa shape index (κ1) is 15.7. The first-order valence-electron chi connectivity index (χ1n) is 6.10. The number of ether oxygens (including phenoxy) is 2. The molecule has 0 saturated carbocycles. The third-order valence-electron chi connectivity index (χ3n) is 2.58. The lowest BCUT2D eigenvalue weighted by Crippen LogP contribution is -2.41. The molecule has 6 nitrogen and oxygen atoms in total. The second kappa shape index (κ2) is 8.71. The highest BCUT2D eigenvalue weighted by molar-refractivity contribution is 5.39. The molecular formula is C13H21NO5. The molecule has 0 aromatic heterocycles. The van der Waals surface area contributed by atoms with Crippen molar-refractivity contribution < 1.29 is 24.8 Å². The number of nitrogens with one attached hydrogen (secondary N) is 1. The Labute approximate surface area is 112 Å². The molecule has 0 fully saturated rings. The van der Waals surface area contributed by atoms with Gasteiger partial charge in [-0.05, 0) is 12.1 Å². The zero-order valence-electron chi connectivity index (χ0n) is 11.0. The van der Waals surface area contributed by atoms with Crippen molar-refractivity contribution in [3.63, 3.8) is 0 Å². The maximum absolute atomic E-state index is 9.72. The van der Waals surface area contributed by atoms with Crippen molar-refractivity contribution in [1.82, 2.24) is 5.32 Å². The van der Waals surface area contributed by atoms with Crippen LogP contribution in [0.5, 0.6) is 11.5 Å². The van der Waals surface area contributed by atoms with Crippen molar-refractivity contribution in [3.05, 3.63) is 24.3 Å². The fourth-order valence-corrected chi connectivity index (χ4v) is 1.47. The molecule has 0 bridgehead atoms. The number of para-hydroxylation sites is 2. The van der Waals surface area contributed by atoms with E-state index in [2.05, 4.69) is 5.32 Å². The molecule has 0 radical (unpaired) electrons. The van der Waals surface area contributed by atoms with Gasteiger partial charge in [0.05, 0.1) is 26.4 Å². The van der Waals surface area contributed by atoms with Gasteiger partial charge in [-0.2, -0.15) is 0 Å². The highest BCUT2D eigenvalue weighted by Gasteiger charge is 2.11. The monoisotopic (exact) mass is 271 g/mol. The molecule has 0 aliphatic rings. The molecule has 1 atom stereocenters. The predicted octanol–water partition coefficient (Wildman–Crippen LogP) is -0.622. The molecule has 108 valence electrons. The summed E-state index contributed by atoms with van der Waals surface area (Å²) >= 11 is 0. The summed E-state index contributed by atoms with van der Waals surface area (Å²) in [6.07, 6.45) is -0.745. The Morgan fingerprint density at radius 1 is 1.16 bits per heavy atom. The van der Waals surface area contributed by atoms with Gasteiger partial charge in [-0.15, -0.1) is 0 Å². The van der Waals surface area contributed by atoms with Crippen molar-refractivity contribution in [1.29, 1.82) is 0 Å². The number of hydrogen-bond acceptors (Lipinski definition) is 6. The summed E-state index contributed by atoms with van der Waals surface area (Å²) in [5.74, 6) is 1.16. The van der Waals surface area contributed by atoms with Crippen LogP contribution in [0.25, 0.3) is 0 Å². The molecule has 0 heterocycles. The van der Waals surface area contributed by atoms with Crippen LogP contribution in [0.2, 0.25) is 0 Å². The summed E-state index contributed by atoms with van der Waals surface area (Å²) in [7, 11) is 1.55. The first-order chi connectivity index (χ1) is 9.21. The molecule has 1 aromatic carbocycles. The maximum Gasteiger partial charge on any atom is 0.161 e. The van der Waals surface area contributed by atoms with Gasteiger partial charge in [0, 0.05) is 6.54 Å². The average molecular weight is 271 g/mol. The number of rotatable bonds is 9. The summed E-state index contributed by atoms with van der Waals surface area (Å²) in [4.78, 5) is 0. The Hall–Kier alpha value is -1.34. The molecule has 1 rings (SSSR count). The van der Waals surface area contributed by atoms with E-state index in [0.717, 1.165) is 0 Å². The third kappa shape index (κ3) is 5.44. The molecule has 0 aliphatic heterocycles. The van der Waals surface area contributed by atoms with E-state index < -0.39 is 12.1 Å². The van der Waals surface area contributed by atoms with E-state index in [0.29, 0.717) is 11.5 Å². The van der Waals surface area contributed by atoms with Crippen LogP contribution in [0, 0.1) is 0 Å². The second-order valence-corrected chi connectivity index (χ2v) is 4.09. The Morgan fingerprint density at radius 2 is 1.79 bits per heavy atom. The smallest absolute Gasteiger partial charge is 0.161 e. The van der Waals surface area contributed by atoms with Gasteiger partial charge in [0.15, 0.2) is 11.5 Å². The topological polar surface area (TPSA) is 91.2 Å². The fraction of sp³-hybridized carbons (Fsp3) is 0.538. The number of aliphatic hydroxyl groups is 3. The first-order valence-corrected chi connectivity index (χ1v) is 6.10. The van der Waals surface area contributed by atoms with Crippen molar-refractivity contribution in [2.24, 2.45) is 0 Å². The van der Waals surface area contributed by atoms with Crippen LogP contribution in [-0.2, 0) is 0 Å². The van der Waals surface area contributed by atoms with Crippen LogP contribution in [-0.4, -0.2) is 60.9 Å². The summed E-state index contributed by atoms with van der Waals surface area (Å²) in [5.41, 5.74) is 0. The predicted molar refractivity (Wildman–Crippen MR) is 70.5 cm³/mol. The lowest BCUT2D eigenvalue weighted by atomic mass is 10.3. The maximum atomic E-state index is 9.72. The number of benzene rings is 1. The quantitative estimate of drug-likeness (QED) is 0.478. The Balaban J connectivity index is 2.35. The zero-order valence-corrected chi connectivity index (χ0v) is 11.0. The van der Waals surface area contributed by atoms with Gasteiger partial charge in [0.25, 0.3) is 0 Å². The third-order valence-corrected chi connectivity index (χ3v) is 2.58. The van der Waals surface area contributed by atoms with Gasteiger partial charge in [0.2, 0.25) is 0 Å². The Kier molecular flexibility index (Phi) is 7.20. The van der Waals surface area contributed by atoms with Crippen LogP contribution in [0.1, 0.15) is 0 Å². The molecule has 0 saturated heterocycles. The van der Waals surface area contributed by atoms with Crippen molar-refractivity contribution in [2.45, 2.75) is 12.1 Å². The van der Waals surface area contributed by atoms with E-state index in [9.17, 15) is 5.11 Å². The average Bonchev–Trinajstić information content (AvgIpc) is 2.46. The number of hydrogen-bond donors (Lipinski definition) is 4. The van der Waals surface area contributed by atoms with Gasteiger partial charge < -0.3 is 30.1 Å². The van der Waals surface area contributed by atoms with Crippen LogP contribution in [0.15, 0.2) is 24.3 Å². The minimum absolute atomic E-state index is 0.0942. The molecule has 1 unspecified atom stereocenters. The van der Waals surface area contributed by atoms with Crippen molar-refractivity contribution in [3.8, 4) is 11.5 Å². The second-order valence-electron chi connectivity index (χ2n) is 4.09. The van der Waals surface area contributed by atoms with Gasteiger partial charge in [-0.25, -0.2) is 0 Å². The van der Waals surface area contributed by atoms with Crippen LogP contribution < -0.4 is 14.8 Å². The summed E-state index contributed by atoms with van der Waals surface area (Å²) in [6, 6.07) is 6.74. The standard InChI is InChI=1S/C13H21NO5/c1-18-12-4-2-3-5-13(12)19-9-11(17)6-14-10(7-15)8-16/h2-5,10-11,14-17H,6-9H2,1H3. The van der Waals surface area contributed by atoms with E-state index >= 15 is 0 Å². The highest BCUT2D eigenvalue weighted by atomic mass is 16.5. The molecule has 4 N–H and O–H groups in total. The molecule has 0 spiro atoms. The molecule has 6 heteroatoms. The van der Waals surface area contributed by atoms with Gasteiger partial charge >= 0.3 is 0 Å². The fourth-order valence-electron chi connectivity index (χ4n) is 1.47. The lowest BCUT2D eigenvalue weighted by molar-refractivity contribution is 0.0917. The molecule has 0 amide bonds. The summed E-state index contributed by atoms with van der Waals surface area (Å²) in [5, 5.41) is 30.3. The molecule has 1 aromatic rings. The largest absolute Gasteiger partial charge is 0.493 e. The van der Waals surface area contributed by atoms with Crippen LogP contribution in [0.3, 0.4) is 0 Å². The minimum Gasteiger partial charge on any atom is -0.493 e. The minimum atomic E-state index is -0.745. The van der Waals surface area contributed by atoms with Crippen molar-refractivity contribution in [2.75, 3.05) is 33.5 Å². The SMILES string of the molecule is COc1ccccc1OCC(O)CNC(CO)CO. The van der Waals surface area contributed by atoms with Gasteiger partial charge in [-0.1, -0.05) is 12.1 Å². The summed E-state index contributed by atoms with van der Waals surface area (Å²) < 4.78 is 10.6. The van der Waals surface area contributed by atoms with E-state index in [1.165, 1.54) is 0 Å². The summed E-state index contributed by atoms with van der Waals surface area (Å²) in [6.45, 7) is -0.0505. The van der Waals surface area contributed by atoms with Gasteiger partial charge in [0.1, 0.15) is 12.7 Å². The van der Waals surface area contributed by atoms with Gasteiger partial charge in [-0.3, -0.25) is 0 Å². The lowest BCUT2D eigenvalue weighted by Gasteiger charge is -2.18. The van der Waals surface area contributed by atoms with Crippen LogP contribution >= 0.6 is 0 Å². The van der Waals surface area contributed by atoms with Crippen molar-refractivity contribution >= 4 is 0 Å². The molecular weight excluding hydrogens is 250 g/mol. The van der Waals surface area contributed by atoms with E-state index in [-0.39, 0.29) is 26.4 Å². The Bertz CT molecular complexity index is 357. The number of aliphatic hydroxyl groups excluding tert-OH is 3. The van der Waals surface area contributed by atoms with E-state index in [4.69, 9.17) is 19.7 Å². The zero-order chi connectivity index (χ0) is 14.1. The Morgan fingerprint density at radius 3 is 2.37 bits per heavy atom. The van der Waals surface area contributed by atoms with E-state index in [1.807, 2.05) is 12.1 Å². The highest BCUT2D eigenvalue weighted by Crippen LogP contribution is 2.25. The van der Waals surface area contributed by atoms with Crippen LogP contribution in [0.4, 0.5) is 0 Å². The molecule has 19 heavy (non-hydrogen) atoms.